The zero-order chi connectivity index (χ0) is 15.5. The Hall–Kier alpha value is -1.81. The highest BCUT2D eigenvalue weighted by atomic mass is 16.4. The second-order valence-electron chi connectivity index (χ2n) is 6.23. The minimum Gasteiger partial charge on any atom is -0.480 e. The van der Waals surface area contributed by atoms with Crippen LogP contribution in [-0.4, -0.2) is 22.1 Å². The van der Waals surface area contributed by atoms with E-state index in [2.05, 4.69) is 29.4 Å². The number of aromatic amines is 1. The van der Waals surface area contributed by atoms with Crippen molar-refractivity contribution in [2.75, 3.05) is 0 Å². The number of aromatic nitrogens is 1. The Morgan fingerprint density at radius 3 is 2.86 bits per heavy atom. The fourth-order valence-corrected chi connectivity index (χ4v) is 3.49. The molecule has 0 bridgehead atoms. The number of para-hydroxylation sites is 1. The number of rotatable bonds is 6. The van der Waals surface area contributed by atoms with Gasteiger partial charge in [-0.15, -0.1) is 0 Å². The molecule has 2 unspecified atom stereocenters. The lowest BCUT2D eigenvalue weighted by molar-refractivity contribution is -0.139. The lowest BCUT2D eigenvalue weighted by atomic mass is 9.91. The second-order valence-corrected chi connectivity index (χ2v) is 6.23. The minimum absolute atomic E-state index is 0.120. The molecule has 0 fully saturated rings. The van der Waals surface area contributed by atoms with Crippen molar-refractivity contribution in [2.24, 2.45) is 0 Å². The third kappa shape index (κ3) is 2.88. The molecule has 3 rings (SSSR count). The van der Waals surface area contributed by atoms with Crippen LogP contribution in [0.1, 0.15) is 56.3 Å². The van der Waals surface area contributed by atoms with Crippen molar-refractivity contribution >= 4 is 16.9 Å². The number of nitrogens with one attached hydrogen (secondary N) is 2. The largest absolute Gasteiger partial charge is 0.480 e. The highest BCUT2D eigenvalue weighted by Crippen LogP contribution is 2.34. The number of fused-ring (bicyclic) bond motifs is 3. The first-order valence-corrected chi connectivity index (χ1v) is 8.29. The fourth-order valence-electron chi connectivity index (χ4n) is 3.49. The highest BCUT2D eigenvalue weighted by molar-refractivity contribution is 5.86. The van der Waals surface area contributed by atoms with Gasteiger partial charge in [0.05, 0.1) is 0 Å². The van der Waals surface area contributed by atoms with Crippen LogP contribution in [0.4, 0.5) is 0 Å². The summed E-state index contributed by atoms with van der Waals surface area (Å²) in [6.45, 7) is 2.20. The Balaban J connectivity index is 1.88. The summed E-state index contributed by atoms with van der Waals surface area (Å²) in [4.78, 5) is 15.0. The maximum atomic E-state index is 11.5. The molecule has 4 nitrogen and oxygen atoms in total. The van der Waals surface area contributed by atoms with E-state index in [0.717, 1.165) is 18.4 Å². The van der Waals surface area contributed by atoms with Gasteiger partial charge in [-0.25, -0.2) is 0 Å². The van der Waals surface area contributed by atoms with Crippen molar-refractivity contribution < 1.29 is 9.90 Å². The molecule has 22 heavy (non-hydrogen) atoms. The van der Waals surface area contributed by atoms with Gasteiger partial charge in [0.2, 0.25) is 0 Å². The summed E-state index contributed by atoms with van der Waals surface area (Å²) in [6.07, 6.45) is 6.35. The van der Waals surface area contributed by atoms with E-state index in [1.54, 1.807) is 0 Å². The maximum Gasteiger partial charge on any atom is 0.321 e. The normalized spacial score (nSPS) is 21.0. The number of unbranched alkanes of at least 4 members (excludes halogenated alkanes) is 3. The summed E-state index contributed by atoms with van der Waals surface area (Å²) in [5.41, 5.74) is 3.48. The van der Waals surface area contributed by atoms with E-state index < -0.39 is 12.0 Å². The van der Waals surface area contributed by atoms with Crippen LogP contribution in [0.2, 0.25) is 0 Å². The van der Waals surface area contributed by atoms with Gasteiger partial charge in [0, 0.05) is 29.1 Å². The van der Waals surface area contributed by atoms with E-state index in [1.165, 1.54) is 35.9 Å². The average Bonchev–Trinajstić information content (AvgIpc) is 2.90. The molecule has 1 aliphatic rings. The predicted octanol–water partition coefficient (Wildman–Crippen LogP) is 3.78. The van der Waals surface area contributed by atoms with Gasteiger partial charge in [-0.2, -0.15) is 0 Å². The van der Waals surface area contributed by atoms with Crippen molar-refractivity contribution in [3.05, 3.63) is 35.5 Å². The Kier molecular flexibility index (Phi) is 4.48. The van der Waals surface area contributed by atoms with Crippen molar-refractivity contribution in [3.8, 4) is 0 Å². The first-order chi connectivity index (χ1) is 10.7. The predicted molar refractivity (Wildman–Crippen MR) is 88.1 cm³/mol. The maximum absolute atomic E-state index is 11.5. The Morgan fingerprint density at radius 2 is 2.09 bits per heavy atom. The van der Waals surface area contributed by atoms with Gasteiger partial charge in [-0.1, -0.05) is 50.8 Å². The number of hydrogen-bond acceptors (Lipinski definition) is 2. The van der Waals surface area contributed by atoms with Crippen LogP contribution in [0.15, 0.2) is 24.3 Å². The molecule has 0 amide bonds. The summed E-state index contributed by atoms with van der Waals surface area (Å²) in [5.74, 6) is -0.755. The molecule has 0 aliphatic carbocycles. The molecule has 0 saturated carbocycles. The second kappa shape index (κ2) is 6.53. The van der Waals surface area contributed by atoms with Crippen LogP contribution in [0.25, 0.3) is 10.9 Å². The molecule has 1 aromatic carbocycles. The minimum atomic E-state index is -0.755. The van der Waals surface area contributed by atoms with Crippen LogP contribution < -0.4 is 5.32 Å². The molecule has 0 radical (unpaired) electrons. The van der Waals surface area contributed by atoms with Crippen molar-refractivity contribution in [1.82, 2.24) is 10.3 Å². The monoisotopic (exact) mass is 300 g/mol. The molecule has 0 saturated heterocycles. The Bertz CT molecular complexity index is 662. The molecular formula is C18H24N2O2. The third-order valence-electron chi connectivity index (χ3n) is 4.65. The molecule has 1 aromatic heterocycles. The molecule has 3 N–H and O–H groups in total. The molecule has 2 aromatic rings. The van der Waals surface area contributed by atoms with E-state index in [1.807, 2.05) is 12.1 Å². The topological polar surface area (TPSA) is 65.1 Å². The summed E-state index contributed by atoms with van der Waals surface area (Å²) in [5, 5.41) is 13.9. The molecule has 0 spiro atoms. The molecule has 2 atom stereocenters. The summed E-state index contributed by atoms with van der Waals surface area (Å²) < 4.78 is 0. The van der Waals surface area contributed by atoms with Gasteiger partial charge in [0.15, 0.2) is 0 Å². The number of benzene rings is 1. The Labute approximate surface area is 130 Å². The lowest BCUT2D eigenvalue weighted by Crippen LogP contribution is -2.44. The number of carboxylic acids is 1. The number of carbonyl (C=O) groups is 1. The van der Waals surface area contributed by atoms with Crippen molar-refractivity contribution in [2.45, 2.75) is 57.5 Å². The van der Waals surface area contributed by atoms with Gasteiger partial charge in [0.25, 0.3) is 0 Å². The fraction of sp³-hybridized carbons (Fsp3) is 0.500. The summed E-state index contributed by atoms with van der Waals surface area (Å²) >= 11 is 0. The van der Waals surface area contributed by atoms with Gasteiger partial charge in [-0.05, 0) is 18.1 Å². The summed E-state index contributed by atoms with van der Waals surface area (Å²) in [6, 6.07) is 7.82. The zero-order valence-electron chi connectivity index (χ0n) is 13.1. The van der Waals surface area contributed by atoms with Gasteiger partial charge in [0.1, 0.15) is 6.04 Å². The van der Waals surface area contributed by atoms with E-state index in [9.17, 15) is 9.90 Å². The van der Waals surface area contributed by atoms with Crippen molar-refractivity contribution in [1.29, 1.82) is 0 Å². The van der Waals surface area contributed by atoms with E-state index in [4.69, 9.17) is 0 Å². The molecule has 1 aliphatic heterocycles. The number of aliphatic carboxylic acids is 1. The summed E-state index contributed by atoms with van der Waals surface area (Å²) in [7, 11) is 0. The third-order valence-corrected chi connectivity index (χ3v) is 4.65. The average molecular weight is 300 g/mol. The van der Waals surface area contributed by atoms with Gasteiger partial charge >= 0.3 is 5.97 Å². The Morgan fingerprint density at radius 1 is 1.27 bits per heavy atom. The van der Waals surface area contributed by atoms with E-state index in [0.29, 0.717) is 6.42 Å². The zero-order valence-corrected chi connectivity index (χ0v) is 13.1. The number of carboxylic acid groups (broad SMARTS) is 1. The van der Waals surface area contributed by atoms with Crippen LogP contribution in [0.3, 0.4) is 0 Å². The van der Waals surface area contributed by atoms with Crippen LogP contribution in [-0.2, 0) is 11.2 Å². The molecule has 118 valence electrons. The SMILES string of the molecule is CCCCCCC1NC(C(=O)O)Cc2c1[nH]c1ccccc21. The van der Waals surface area contributed by atoms with Crippen LogP contribution in [0, 0.1) is 0 Å². The first kappa shape index (κ1) is 15.1. The molecule has 2 heterocycles. The van der Waals surface area contributed by atoms with Crippen LogP contribution >= 0.6 is 0 Å². The van der Waals surface area contributed by atoms with E-state index >= 15 is 0 Å². The molecule has 4 heteroatoms. The number of H-pyrrole nitrogens is 1. The van der Waals surface area contributed by atoms with Gasteiger partial charge < -0.3 is 10.1 Å². The smallest absolute Gasteiger partial charge is 0.321 e. The van der Waals surface area contributed by atoms with Crippen molar-refractivity contribution in [3.63, 3.8) is 0 Å². The number of hydrogen-bond donors (Lipinski definition) is 3. The van der Waals surface area contributed by atoms with E-state index in [-0.39, 0.29) is 6.04 Å². The highest BCUT2D eigenvalue weighted by Gasteiger charge is 2.32. The lowest BCUT2D eigenvalue weighted by Gasteiger charge is -2.29. The van der Waals surface area contributed by atoms with Gasteiger partial charge in [-0.3, -0.25) is 10.1 Å². The molecular weight excluding hydrogens is 276 g/mol. The standard InChI is InChI=1S/C18H24N2O2/c1-2-3-4-5-10-15-17-13(11-16(19-15)18(21)22)12-8-6-7-9-14(12)20-17/h6-9,15-16,19-20H,2-5,10-11H2,1H3,(H,21,22). The first-order valence-electron chi connectivity index (χ1n) is 8.29. The quantitative estimate of drug-likeness (QED) is 0.711. The van der Waals surface area contributed by atoms with Crippen LogP contribution in [0.5, 0.6) is 0 Å².